The number of rotatable bonds is 6. The minimum Gasteiger partial charge on any atom is -0.507 e. The molecule has 8 rings (SSSR count). The number of aromatic nitrogens is 1. The summed E-state index contributed by atoms with van der Waals surface area (Å²) in [5.74, 6) is 0.158. The Bertz CT molecular complexity index is 2900. The lowest BCUT2D eigenvalue weighted by atomic mass is 10.0. The number of aromatic hydroxyl groups is 2. The van der Waals surface area contributed by atoms with E-state index in [4.69, 9.17) is 13.5 Å². The first kappa shape index (κ1) is 41.9. The molecule has 0 fully saturated rings. The largest absolute Gasteiger partial charge is 0.507 e. The number of phenols is 2. The van der Waals surface area contributed by atoms with E-state index in [1.165, 1.54) is 64.1 Å². The Morgan fingerprint density at radius 1 is 0.793 bits per heavy atom. The van der Waals surface area contributed by atoms with Gasteiger partial charge in [-0.3, -0.25) is 13.9 Å². The number of allylic oxidation sites excluding steroid dienone is 2. The Morgan fingerprint density at radius 3 is 1.98 bits per heavy atom. The Morgan fingerprint density at radius 2 is 1.38 bits per heavy atom. The van der Waals surface area contributed by atoms with Crippen molar-refractivity contribution in [2.24, 2.45) is 0 Å². The third-order valence-electron chi connectivity index (χ3n) is 9.85. The zero-order chi connectivity index (χ0) is 41.9. The third-order valence-corrected chi connectivity index (χ3v) is 11.7. The average Bonchev–Trinajstić information content (AvgIpc) is 3.46. The predicted octanol–water partition coefficient (Wildman–Crippen LogP) is 8.03. The summed E-state index contributed by atoms with van der Waals surface area (Å²) in [6.45, 7) is 8.68. The smallest absolute Gasteiger partial charge is 0.295 e. The quantitative estimate of drug-likeness (QED) is 0.0939. The van der Waals surface area contributed by atoms with Gasteiger partial charge in [0, 0.05) is 71.1 Å². The molecule has 0 bridgehead atoms. The number of nitrogens with zero attached hydrogens (tertiary/aromatic N) is 2. The number of para-hydroxylation sites is 1. The number of aryl methyl sites for hydroxylation is 1. The highest BCUT2D eigenvalue weighted by Crippen LogP contribution is 2.35. The SMILES string of the molecule is CC(C)=CCc1c(O)cc2oc(C)cc(=O)c2c1O.CN1CCc2c(c3ccccc3n2Cc2ccccc2)C1.O=S(=O)(O)c1cccc2c(S(=O)(=O)O)cccc12. The summed E-state index contributed by atoms with van der Waals surface area (Å²) in [5, 5.41) is 21.7. The molecule has 0 spiro atoms. The first-order chi connectivity index (χ1) is 27.4. The van der Waals surface area contributed by atoms with Crippen LogP contribution in [0.4, 0.5) is 0 Å². The second kappa shape index (κ2) is 17.0. The van der Waals surface area contributed by atoms with E-state index in [0.717, 1.165) is 43.8 Å². The van der Waals surface area contributed by atoms with Crippen molar-refractivity contribution in [2.45, 2.75) is 56.5 Å². The highest BCUT2D eigenvalue weighted by molar-refractivity contribution is 7.86. The van der Waals surface area contributed by atoms with Gasteiger partial charge in [-0.05, 0) is 63.6 Å². The van der Waals surface area contributed by atoms with Gasteiger partial charge in [0.15, 0.2) is 5.43 Å². The van der Waals surface area contributed by atoms with Gasteiger partial charge in [-0.1, -0.05) is 84.4 Å². The summed E-state index contributed by atoms with van der Waals surface area (Å²) >= 11 is 0. The van der Waals surface area contributed by atoms with Crippen LogP contribution < -0.4 is 5.43 Å². The molecular formula is C44H44N2O10S2. The van der Waals surface area contributed by atoms with Gasteiger partial charge in [0.1, 0.15) is 38.0 Å². The van der Waals surface area contributed by atoms with Crippen molar-refractivity contribution in [3.8, 4) is 11.5 Å². The predicted molar refractivity (Wildman–Crippen MR) is 225 cm³/mol. The monoisotopic (exact) mass is 824 g/mol. The molecule has 4 N–H and O–H groups in total. The van der Waals surface area contributed by atoms with E-state index in [-0.39, 0.29) is 38.7 Å². The molecule has 5 aromatic carbocycles. The van der Waals surface area contributed by atoms with Crippen molar-refractivity contribution in [3.63, 3.8) is 0 Å². The second-order valence-electron chi connectivity index (χ2n) is 14.4. The average molecular weight is 825 g/mol. The number of benzene rings is 5. The summed E-state index contributed by atoms with van der Waals surface area (Å²) in [4.78, 5) is 13.5. The van der Waals surface area contributed by atoms with Crippen molar-refractivity contribution in [1.82, 2.24) is 9.47 Å². The molecule has 1 aliphatic heterocycles. The van der Waals surface area contributed by atoms with Crippen LogP contribution in [-0.2, 0) is 46.2 Å². The molecule has 0 atom stereocenters. The van der Waals surface area contributed by atoms with Crippen molar-refractivity contribution < 1.29 is 40.6 Å². The van der Waals surface area contributed by atoms with E-state index in [1.54, 1.807) is 6.92 Å². The van der Waals surface area contributed by atoms with E-state index in [9.17, 15) is 31.8 Å². The fourth-order valence-electron chi connectivity index (χ4n) is 7.14. The van der Waals surface area contributed by atoms with Crippen molar-refractivity contribution >= 4 is 52.9 Å². The zero-order valence-electron chi connectivity index (χ0n) is 32.4. The van der Waals surface area contributed by atoms with Crippen LogP contribution in [0.2, 0.25) is 0 Å². The summed E-state index contributed by atoms with van der Waals surface area (Å²) in [6.07, 6.45) is 3.38. The lowest BCUT2D eigenvalue weighted by Gasteiger charge is -2.24. The van der Waals surface area contributed by atoms with E-state index >= 15 is 0 Å². The molecule has 0 radical (unpaired) electrons. The molecule has 3 heterocycles. The first-order valence-corrected chi connectivity index (χ1v) is 21.2. The fourth-order valence-corrected chi connectivity index (χ4v) is 8.56. The molecule has 1 aliphatic rings. The summed E-state index contributed by atoms with van der Waals surface area (Å²) in [7, 11) is -6.72. The molecule has 2 aromatic heterocycles. The lowest BCUT2D eigenvalue weighted by Crippen LogP contribution is -2.27. The number of hydrogen-bond acceptors (Lipinski definition) is 9. The second-order valence-corrected chi connectivity index (χ2v) is 17.1. The van der Waals surface area contributed by atoms with Crippen molar-refractivity contribution in [3.05, 3.63) is 153 Å². The van der Waals surface area contributed by atoms with Crippen LogP contribution in [0.3, 0.4) is 0 Å². The lowest BCUT2D eigenvalue weighted by molar-refractivity contribution is 0.310. The van der Waals surface area contributed by atoms with Gasteiger partial charge in [0.2, 0.25) is 0 Å². The summed E-state index contributed by atoms with van der Waals surface area (Å²) in [5.41, 5.74) is 7.09. The van der Waals surface area contributed by atoms with Crippen LogP contribution in [0.25, 0.3) is 32.6 Å². The van der Waals surface area contributed by atoms with Crippen LogP contribution in [-0.4, -0.2) is 59.2 Å². The Balaban J connectivity index is 0.000000147. The van der Waals surface area contributed by atoms with Crippen LogP contribution in [0.1, 0.15) is 42.0 Å². The Kier molecular flexibility index (Phi) is 12.3. The van der Waals surface area contributed by atoms with Gasteiger partial charge in [-0.2, -0.15) is 16.8 Å². The maximum atomic E-state index is 11.9. The van der Waals surface area contributed by atoms with E-state index in [1.807, 2.05) is 19.9 Å². The molecule has 7 aromatic rings. The minimum atomic E-state index is -4.47. The number of phenolic OH excluding ortho intramolecular Hbond substituents is 2. The van der Waals surface area contributed by atoms with Gasteiger partial charge in [-0.25, -0.2) is 0 Å². The van der Waals surface area contributed by atoms with Crippen LogP contribution in [0.15, 0.2) is 134 Å². The van der Waals surface area contributed by atoms with Crippen molar-refractivity contribution in [2.75, 3.05) is 13.6 Å². The standard InChI is InChI=1S/C19H20N2.C15H16O4.C10H8O6S2/c1-20-12-11-19-17(14-20)16-9-5-6-10-18(16)21(19)13-15-7-3-2-4-8-15;1-8(2)4-5-10-11(16)7-13-14(15(10)18)12(17)6-9(3)19-13;11-17(12,13)9-5-1-3-7-8(9)4-2-6-10(7)18(14,15)16/h2-10H,11-14H2,1H3;4,6-7,16,18H,5H2,1-3H3;1-6H,(H,11,12,13)(H,14,15,16). The highest BCUT2D eigenvalue weighted by atomic mass is 32.2. The molecule has 58 heavy (non-hydrogen) atoms. The van der Waals surface area contributed by atoms with Crippen LogP contribution in [0.5, 0.6) is 11.5 Å². The molecule has 12 nitrogen and oxygen atoms in total. The summed E-state index contributed by atoms with van der Waals surface area (Å²) < 4.78 is 70.6. The Hall–Kier alpha value is -5.77. The normalized spacial score (nSPS) is 13.0. The fraction of sp³-hybridized carbons (Fsp3) is 0.205. The van der Waals surface area contributed by atoms with Gasteiger partial charge in [0.05, 0.1) is 0 Å². The summed E-state index contributed by atoms with van der Waals surface area (Å²) in [6, 6.07) is 29.8. The number of likely N-dealkylation sites (N-methyl/N-ethyl adjacent to an activating group) is 1. The van der Waals surface area contributed by atoms with Crippen molar-refractivity contribution in [1.29, 1.82) is 0 Å². The molecule has 0 saturated carbocycles. The first-order valence-electron chi connectivity index (χ1n) is 18.3. The number of hydrogen-bond donors (Lipinski definition) is 4. The minimum absolute atomic E-state index is 0.0233. The zero-order valence-corrected chi connectivity index (χ0v) is 34.0. The maximum absolute atomic E-state index is 11.9. The molecule has 0 aliphatic carbocycles. The molecule has 14 heteroatoms. The van der Waals surface area contributed by atoms with Gasteiger partial charge >= 0.3 is 0 Å². The molecule has 0 unspecified atom stereocenters. The van der Waals surface area contributed by atoms with Crippen LogP contribution >= 0.6 is 0 Å². The number of fused-ring (bicyclic) bond motifs is 5. The van der Waals surface area contributed by atoms with E-state index < -0.39 is 30.0 Å². The maximum Gasteiger partial charge on any atom is 0.295 e. The highest BCUT2D eigenvalue weighted by Gasteiger charge is 2.23. The van der Waals surface area contributed by atoms with E-state index in [0.29, 0.717) is 17.7 Å². The molecule has 302 valence electrons. The molecule has 0 saturated heterocycles. The molecule has 0 amide bonds. The Labute approximate surface area is 336 Å². The third kappa shape index (κ3) is 9.17. The van der Waals surface area contributed by atoms with E-state index in [2.05, 4.69) is 71.1 Å². The van der Waals surface area contributed by atoms with Crippen LogP contribution in [0, 0.1) is 6.92 Å². The topological polar surface area (TPSA) is 188 Å². The van der Waals surface area contributed by atoms with Gasteiger partial charge in [0.25, 0.3) is 20.2 Å². The molecular weight excluding hydrogens is 781 g/mol. The van der Waals surface area contributed by atoms with Gasteiger partial charge < -0.3 is 24.1 Å². The van der Waals surface area contributed by atoms with Gasteiger partial charge in [-0.15, -0.1) is 0 Å².